The summed E-state index contributed by atoms with van der Waals surface area (Å²) in [6.07, 6.45) is 5.49. The first-order valence-electron chi connectivity index (χ1n) is 9.68. The van der Waals surface area contributed by atoms with Gasteiger partial charge in [-0.15, -0.1) is 0 Å². The fourth-order valence-electron chi connectivity index (χ4n) is 3.95. The summed E-state index contributed by atoms with van der Waals surface area (Å²) in [6, 6.07) is 1.74. The number of hydrogen-bond acceptors (Lipinski definition) is 3. The largest absolute Gasteiger partial charge is 0.443 e. The summed E-state index contributed by atoms with van der Waals surface area (Å²) in [5.41, 5.74) is 1.31. The molecule has 0 bridgehead atoms. The summed E-state index contributed by atoms with van der Waals surface area (Å²) in [5, 5.41) is 8.08. The Morgan fingerprint density at radius 2 is 1.72 bits per heavy atom. The van der Waals surface area contributed by atoms with E-state index in [1.165, 1.54) is 19.3 Å². The first-order chi connectivity index (χ1) is 11.4. The van der Waals surface area contributed by atoms with Crippen molar-refractivity contribution in [3.05, 3.63) is 28.5 Å². The molecule has 3 heteroatoms. The third-order valence-corrected chi connectivity index (χ3v) is 5.49. The van der Waals surface area contributed by atoms with E-state index in [9.17, 15) is 4.79 Å². The number of rotatable bonds is 3. The van der Waals surface area contributed by atoms with Crippen LogP contribution in [-0.2, 0) is 10.8 Å². The highest BCUT2D eigenvalue weighted by Gasteiger charge is 2.33. The van der Waals surface area contributed by atoms with E-state index in [1.54, 1.807) is 6.07 Å². The maximum absolute atomic E-state index is 13.4. The molecule has 0 spiro atoms. The number of carbonyl (C=O) groups excluding carboxylic acids is 1. The highest BCUT2D eigenvalue weighted by molar-refractivity contribution is 5.99. The van der Waals surface area contributed by atoms with Crippen LogP contribution in [-0.4, -0.2) is 5.78 Å². The molecule has 3 nitrogen and oxygen atoms in total. The van der Waals surface area contributed by atoms with E-state index in [4.69, 9.17) is 9.83 Å². The average molecular weight is 346 g/mol. The molecule has 1 N–H and O–H groups in total. The monoisotopic (exact) mass is 345 g/mol. The molecule has 0 saturated heterocycles. The Hall–Kier alpha value is -1.38. The van der Waals surface area contributed by atoms with E-state index in [0.29, 0.717) is 24.0 Å². The third kappa shape index (κ3) is 4.62. The number of nitrogens with one attached hydrogen (secondary N) is 1. The Balaban J connectivity index is 2.53. The van der Waals surface area contributed by atoms with E-state index < -0.39 is 0 Å². The fraction of sp³-hybridized carbons (Fsp3) is 0.727. The molecule has 25 heavy (non-hydrogen) atoms. The molecular weight excluding hydrogens is 310 g/mol. The van der Waals surface area contributed by atoms with Crippen LogP contribution < -0.4 is 5.55 Å². The lowest BCUT2D eigenvalue weighted by Gasteiger charge is -2.31. The first-order valence-corrected chi connectivity index (χ1v) is 9.68. The summed E-state index contributed by atoms with van der Waals surface area (Å²) in [6.45, 7) is 14.8. The van der Waals surface area contributed by atoms with E-state index in [-0.39, 0.29) is 22.2 Å². The minimum Gasteiger partial charge on any atom is -0.443 e. The maximum atomic E-state index is 13.4. The van der Waals surface area contributed by atoms with E-state index in [0.717, 1.165) is 17.5 Å². The number of Topliss-reactive ketones (excluding diaryl/α,β-unsaturated/α-hetero) is 1. The van der Waals surface area contributed by atoms with Gasteiger partial charge in [0.2, 0.25) is 5.55 Å². The molecule has 1 aliphatic rings. The zero-order valence-electron chi connectivity index (χ0n) is 17.1. The molecule has 2 atom stereocenters. The number of ketones is 1. The van der Waals surface area contributed by atoms with Crippen LogP contribution in [0, 0.1) is 17.2 Å². The van der Waals surface area contributed by atoms with Crippen molar-refractivity contribution in [2.24, 2.45) is 11.8 Å². The van der Waals surface area contributed by atoms with E-state index in [1.807, 2.05) is 0 Å². The molecule has 140 valence electrons. The van der Waals surface area contributed by atoms with E-state index >= 15 is 0 Å². The van der Waals surface area contributed by atoms with Gasteiger partial charge in [-0.1, -0.05) is 67.7 Å². The first kappa shape index (κ1) is 19.9. The van der Waals surface area contributed by atoms with Crippen molar-refractivity contribution in [1.29, 1.82) is 5.41 Å². The molecule has 1 saturated carbocycles. The second-order valence-corrected chi connectivity index (χ2v) is 9.88. The third-order valence-electron chi connectivity index (χ3n) is 5.49. The SMILES string of the molecule is CC1CCCCC1CC(=O)c1c(C(C)(C)C)cc(=N)oc1C(C)(C)C. The lowest BCUT2D eigenvalue weighted by Crippen LogP contribution is -2.29. The van der Waals surface area contributed by atoms with Crippen molar-refractivity contribution in [3.8, 4) is 0 Å². The standard InChI is InChI=1S/C22H35NO2/c1-14-10-8-9-11-15(14)12-17(24)19-16(21(2,3)4)13-18(23)25-20(19)22(5,6)7/h13-15,23H,8-12H2,1-7H3. The summed E-state index contributed by atoms with van der Waals surface area (Å²) < 4.78 is 5.79. The molecule has 1 aromatic heterocycles. The molecule has 2 unspecified atom stereocenters. The minimum absolute atomic E-state index is 0.137. The van der Waals surface area contributed by atoms with Crippen LogP contribution in [0.5, 0.6) is 0 Å². The van der Waals surface area contributed by atoms with Gasteiger partial charge in [-0.05, 0) is 29.2 Å². The summed E-state index contributed by atoms with van der Waals surface area (Å²) >= 11 is 0. The fourth-order valence-corrected chi connectivity index (χ4v) is 3.95. The van der Waals surface area contributed by atoms with Gasteiger partial charge in [-0.2, -0.15) is 0 Å². The zero-order valence-corrected chi connectivity index (χ0v) is 17.1. The van der Waals surface area contributed by atoms with Crippen molar-refractivity contribution in [2.75, 3.05) is 0 Å². The molecular formula is C22H35NO2. The second-order valence-electron chi connectivity index (χ2n) is 9.88. The van der Waals surface area contributed by atoms with Gasteiger partial charge >= 0.3 is 0 Å². The highest BCUT2D eigenvalue weighted by Crippen LogP contribution is 2.37. The van der Waals surface area contributed by atoms with Crippen molar-refractivity contribution in [3.63, 3.8) is 0 Å². The van der Waals surface area contributed by atoms with Crippen molar-refractivity contribution in [1.82, 2.24) is 0 Å². The molecule has 1 aliphatic carbocycles. The summed E-state index contributed by atoms with van der Waals surface area (Å²) in [4.78, 5) is 13.4. The molecule has 0 aromatic carbocycles. The number of carbonyl (C=O) groups is 1. The maximum Gasteiger partial charge on any atom is 0.211 e. The minimum atomic E-state index is -0.305. The molecule has 1 aromatic rings. The molecule has 2 rings (SSSR count). The van der Waals surface area contributed by atoms with Gasteiger partial charge in [-0.25, -0.2) is 0 Å². The van der Waals surface area contributed by atoms with Gasteiger partial charge < -0.3 is 4.42 Å². The van der Waals surface area contributed by atoms with Gasteiger partial charge in [0, 0.05) is 17.9 Å². The van der Waals surface area contributed by atoms with Crippen LogP contribution in [0.2, 0.25) is 0 Å². The van der Waals surface area contributed by atoms with Crippen molar-refractivity contribution >= 4 is 5.78 Å². The summed E-state index contributed by atoms with van der Waals surface area (Å²) in [7, 11) is 0. The molecule has 0 aliphatic heterocycles. The Labute approximate surface area is 152 Å². The van der Waals surface area contributed by atoms with Gasteiger partial charge in [0.05, 0.1) is 5.56 Å². The normalized spacial score (nSPS) is 22.0. The van der Waals surface area contributed by atoms with Gasteiger partial charge in [-0.3, -0.25) is 10.2 Å². The molecule has 0 radical (unpaired) electrons. The quantitative estimate of drug-likeness (QED) is 0.709. The molecule has 0 amide bonds. The van der Waals surface area contributed by atoms with Crippen molar-refractivity contribution in [2.45, 2.75) is 91.4 Å². The van der Waals surface area contributed by atoms with Crippen LogP contribution in [0.4, 0.5) is 0 Å². The Kier molecular flexibility index (Phi) is 5.65. The van der Waals surface area contributed by atoms with Crippen molar-refractivity contribution < 1.29 is 9.21 Å². The lowest BCUT2D eigenvalue weighted by atomic mass is 9.74. The van der Waals surface area contributed by atoms with Crippen LogP contribution in [0.15, 0.2) is 10.5 Å². The van der Waals surface area contributed by atoms with Crippen LogP contribution >= 0.6 is 0 Å². The topological polar surface area (TPSA) is 54.1 Å². The zero-order chi connectivity index (χ0) is 19.0. The van der Waals surface area contributed by atoms with Gasteiger partial charge in [0.25, 0.3) is 0 Å². The predicted molar refractivity (Wildman–Crippen MR) is 102 cm³/mol. The van der Waals surface area contributed by atoms with Crippen LogP contribution in [0.25, 0.3) is 0 Å². The predicted octanol–water partition coefficient (Wildman–Crippen LogP) is 5.75. The van der Waals surface area contributed by atoms with E-state index in [2.05, 4.69) is 48.5 Å². The molecule has 1 heterocycles. The van der Waals surface area contributed by atoms with Gasteiger partial charge in [0.15, 0.2) is 5.78 Å². The lowest BCUT2D eigenvalue weighted by molar-refractivity contribution is 0.0917. The Bertz CT molecular complexity index is 647. The number of hydrogen-bond donors (Lipinski definition) is 1. The summed E-state index contributed by atoms with van der Waals surface area (Å²) in [5.74, 6) is 1.94. The van der Waals surface area contributed by atoms with Crippen LogP contribution in [0.1, 0.15) is 102 Å². The Morgan fingerprint density at radius 3 is 2.24 bits per heavy atom. The smallest absolute Gasteiger partial charge is 0.211 e. The average Bonchev–Trinajstić information content (AvgIpc) is 2.46. The Morgan fingerprint density at radius 1 is 1.12 bits per heavy atom. The molecule has 1 fully saturated rings. The van der Waals surface area contributed by atoms with Crippen LogP contribution in [0.3, 0.4) is 0 Å². The van der Waals surface area contributed by atoms with Gasteiger partial charge in [0.1, 0.15) is 5.76 Å². The highest BCUT2D eigenvalue weighted by atomic mass is 16.3. The second kappa shape index (κ2) is 7.09.